The molecule has 1 saturated heterocycles. The van der Waals surface area contributed by atoms with Crippen molar-refractivity contribution in [1.29, 1.82) is 0 Å². The molecule has 17 heavy (non-hydrogen) atoms. The molecule has 4 nitrogen and oxygen atoms in total. The van der Waals surface area contributed by atoms with E-state index in [1.165, 1.54) is 5.75 Å². The zero-order valence-electron chi connectivity index (χ0n) is 9.80. The highest BCUT2D eigenvalue weighted by atomic mass is 32.2. The standard InChI is InChI=1S/C10H17N3OS3/c1-15-3-2-7(11)10-12-9(13-14-10)8-6-16-4-5-17-8/h7-8H,2-6,11H2,1H3/t7-,8?/m1/s1. The molecule has 1 aromatic rings. The van der Waals surface area contributed by atoms with Crippen LogP contribution in [0.5, 0.6) is 0 Å². The number of hydrogen-bond acceptors (Lipinski definition) is 7. The minimum absolute atomic E-state index is 0.120. The van der Waals surface area contributed by atoms with Gasteiger partial charge in [0.2, 0.25) is 5.89 Å². The van der Waals surface area contributed by atoms with Crippen LogP contribution < -0.4 is 5.73 Å². The molecule has 1 aromatic heterocycles. The smallest absolute Gasteiger partial charge is 0.243 e. The van der Waals surface area contributed by atoms with Crippen molar-refractivity contribution in [2.45, 2.75) is 17.7 Å². The van der Waals surface area contributed by atoms with Crippen LogP contribution in [0.1, 0.15) is 29.4 Å². The Morgan fingerprint density at radius 2 is 2.47 bits per heavy atom. The summed E-state index contributed by atoms with van der Waals surface area (Å²) in [4.78, 5) is 4.44. The molecule has 2 rings (SSSR count). The molecule has 2 N–H and O–H groups in total. The van der Waals surface area contributed by atoms with Gasteiger partial charge in [-0.25, -0.2) is 0 Å². The summed E-state index contributed by atoms with van der Waals surface area (Å²) in [7, 11) is 0. The van der Waals surface area contributed by atoms with Gasteiger partial charge in [-0.3, -0.25) is 0 Å². The minimum atomic E-state index is -0.120. The van der Waals surface area contributed by atoms with Crippen LogP contribution in [-0.4, -0.2) is 39.4 Å². The maximum Gasteiger partial charge on any atom is 0.243 e. The van der Waals surface area contributed by atoms with Gasteiger partial charge in [0.25, 0.3) is 0 Å². The molecular formula is C10H17N3OS3. The highest BCUT2D eigenvalue weighted by Crippen LogP contribution is 2.35. The fourth-order valence-corrected chi connectivity index (χ4v) is 4.61. The molecule has 0 radical (unpaired) electrons. The molecule has 1 aliphatic heterocycles. The van der Waals surface area contributed by atoms with Crippen molar-refractivity contribution in [2.75, 3.05) is 29.3 Å². The monoisotopic (exact) mass is 291 g/mol. The molecule has 96 valence electrons. The Kier molecular flexibility index (Phi) is 5.52. The third-order valence-electron chi connectivity index (χ3n) is 2.51. The summed E-state index contributed by atoms with van der Waals surface area (Å²) in [5.74, 6) is 5.88. The summed E-state index contributed by atoms with van der Waals surface area (Å²) < 4.78 is 5.26. The van der Waals surface area contributed by atoms with Crippen LogP contribution >= 0.6 is 35.3 Å². The molecule has 0 aromatic carbocycles. The number of nitrogens with two attached hydrogens (primary N) is 1. The summed E-state index contributed by atoms with van der Waals surface area (Å²) in [6, 6.07) is -0.120. The summed E-state index contributed by atoms with van der Waals surface area (Å²) in [5.41, 5.74) is 6.00. The summed E-state index contributed by atoms with van der Waals surface area (Å²) in [5, 5.41) is 4.44. The van der Waals surface area contributed by atoms with Crippen LogP contribution in [0.4, 0.5) is 0 Å². The molecule has 2 heterocycles. The van der Waals surface area contributed by atoms with Gasteiger partial charge in [-0.1, -0.05) is 5.16 Å². The Labute approximate surface area is 114 Å². The molecule has 0 spiro atoms. The SMILES string of the molecule is CSCC[C@@H](N)c1nc(C2CSCCS2)no1. The van der Waals surface area contributed by atoms with Crippen molar-refractivity contribution in [2.24, 2.45) is 5.73 Å². The predicted molar refractivity (Wildman–Crippen MR) is 76.7 cm³/mol. The van der Waals surface area contributed by atoms with Crippen molar-refractivity contribution in [1.82, 2.24) is 10.1 Å². The van der Waals surface area contributed by atoms with Gasteiger partial charge in [0, 0.05) is 17.3 Å². The van der Waals surface area contributed by atoms with Crippen LogP contribution in [0, 0.1) is 0 Å². The Morgan fingerprint density at radius 3 is 3.18 bits per heavy atom. The zero-order valence-corrected chi connectivity index (χ0v) is 12.2. The molecule has 0 amide bonds. The Hall–Kier alpha value is 0.150. The zero-order chi connectivity index (χ0) is 12.1. The van der Waals surface area contributed by atoms with E-state index in [0.717, 1.165) is 29.5 Å². The van der Waals surface area contributed by atoms with Crippen LogP contribution in [0.2, 0.25) is 0 Å². The van der Waals surface area contributed by atoms with Crippen molar-refractivity contribution >= 4 is 35.3 Å². The molecule has 1 aliphatic rings. The fraction of sp³-hybridized carbons (Fsp3) is 0.800. The first-order valence-electron chi connectivity index (χ1n) is 5.58. The van der Waals surface area contributed by atoms with Crippen molar-refractivity contribution in [3.63, 3.8) is 0 Å². The number of rotatable bonds is 5. The Morgan fingerprint density at radius 1 is 1.59 bits per heavy atom. The Bertz CT molecular complexity index is 341. The normalized spacial score (nSPS) is 22.6. The van der Waals surface area contributed by atoms with Crippen LogP contribution in [0.15, 0.2) is 4.52 Å². The molecule has 7 heteroatoms. The summed E-state index contributed by atoms with van der Waals surface area (Å²) in [6.45, 7) is 0. The van der Waals surface area contributed by atoms with E-state index >= 15 is 0 Å². The molecule has 0 saturated carbocycles. The first-order valence-corrected chi connectivity index (χ1v) is 9.18. The highest BCUT2D eigenvalue weighted by Gasteiger charge is 2.23. The van der Waals surface area contributed by atoms with Crippen LogP contribution in [0.3, 0.4) is 0 Å². The van der Waals surface area contributed by atoms with Crippen molar-refractivity contribution in [3.8, 4) is 0 Å². The second-order valence-electron chi connectivity index (χ2n) is 3.81. The second kappa shape index (κ2) is 6.92. The first kappa shape index (κ1) is 13.6. The fourth-order valence-electron chi connectivity index (χ4n) is 1.53. The van der Waals surface area contributed by atoms with Gasteiger partial charge in [0.15, 0.2) is 5.82 Å². The molecule has 0 aliphatic carbocycles. The van der Waals surface area contributed by atoms with E-state index in [1.807, 2.05) is 23.5 Å². The predicted octanol–water partition coefficient (Wildman–Crippen LogP) is 2.34. The maximum absolute atomic E-state index is 6.00. The maximum atomic E-state index is 6.00. The Balaban J connectivity index is 1.94. The van der Waals surface area contributed by atoms with Crippen LogP contribution in [0.25, 0.3) is 0 Å². The van der Waals surface area contributed by atoms with E-state index in [1.54, 1.807) is 11.8 Å². The topological polar surface area (TPSA) is 64.9 Å². The second-order valence-corrected chi connectivity index (χ2v) is 7.26. The molecule has 1 fully saturated rings. The van der Waals surface area contributed by atoms with E-state index in [0.29, 0.717) is 11.1 Å². The number of nitrogens with zero attached hydrogens (tertiary/aromatic N) is 2. The lowest BCUT2D eigenvalue weighted by Crippen LogP contribution is -2.12. The summed E-state index contributed by atoms with van der Waals surface area (Å²) in [6.07, 6.45) is 2.96. The van der Waals surface area contributed by atoms with E-state index < -0.39 is 0 Å². The first-order chi connectivity index (χ1) is 8.31. The van der Waals surface area contributed by atoms with Crippen LogP contribution in [-0.2, 0) is 0 Å². The van der Waals surface area contributed by atoms with Crippen molar-refractivity contribution in [3.05, 3.63) is 11.7 Å². The van der Waals surface area contributed by atoms with Gasteiger partial charge in [0.1, 0.15) is 0 Å². The van der Waals surface area contributed by atoms with Gasteiger partial charge in [-0.05, 0) is 18.4 Å². The van der Waals surface area contributed by atoms with E-state index in [4.69, 9.17) is 10.3 Å². The highest BCUT2D eigenvalue weighted by molar-refractivity contribution is 8.06. The van der Waals surface area contributed by atoms with E-state index in [2.05, 4.69) is 16.4 Å². The lowest BCUT2D eigenvalue weighted by molar-refractivity contribution is 0.349. The van der Waals surface area contributed by atoms with Gasteiger partial charge < -0.3 is 10.3 Å². The average molecular weight is 291 g/mol. The third kappa shape index (κ3) is 3.81. The van der Waals surface area contributed by atoms with E-state index in [9.17, 15) is 0 Å². The largest absolute Gasteiger partial charge is 0.338 e. The third-order valence-corrected chi connectivity index (χ3v) is 5.91. The van der Waals surface area contributed by atoms with Crippen molar-refractivity contribution < 1.29 is 4.52 Å². The minimum Gasteiger partial charge on any atom is -0.338 e. The lowest BCUT2D eigenvalue weighted by Gasteiger charge is -2.17. The molecular weight excluding hydrogens is 274 g/mol. The summed E-state index contributed by atoms with van der Waals surface area (Å²) >= 11 is 5.64. The number of aromatic nitrogens is 2. The number of thioether (sulfide) groups is 3. The quantitative estimate of drug-likeness (QED) is 0.893. The number of hydrogen-bond donors (Lipinski definition) is 1. The van der Waals surface area contributed by atoms with Gasteiger partial charge in [-0.15, -0.1) is 11.8 Å². The molecule has 2 atom stereocenters. The van der Waals surface area contributed by atoms with Gasteiger partial charge in [0.05, 0.1) is 11.3 Å². The molecule has 0 bridgehead atoms. The van der Waals surface area contributed by atoms with Gasteiger partial charge in [-0.2, -0.15) is 28.5 Å². The lowest BCUT2D eigenvalue weighted by atomic mass is 10.2. The average Bonchev–Trinajstić information content (AvgIpc) is 2.86. The van der Waals surface area contributed by atoms with E-state index in [-0.39, 0.29) is 6.04 Å². The molecule has 1 unspecified atom stereocenters. The van der Waals surface area contributed by atoms with Gasteiger partial charge >= 0.3 is 0 Å².